The highest BCUT2D eigenvalue weighted by atomic mass is 16.5. The molecule has 0 radical (unpaired) electrons. The Morgan fingerprint density at radius 2 is 2.32 bits per heavy atom. The average molecular weight is 265 g/mol. The summed E-state index contributed by atoms with van der Waals surface area (Å²) >= 11 is 0. The Hall–Kier alpha value is -1.85. The smallest absolute Gasteiger partial charge is 0.310 e. The third kappa shape index (κ3) is 2.94. The predicted molar refractivity (Wildman–Crippen MR) is 68.5 cm³/mol. The monoisotopic (exact) mass is 265 g/mol. The second-order valence-corrected chi connectivity index (χ2v) is 4.73. The van der Waals surface area contributed by atoms with E-state index in [0.717, 1.165) is 12.8 Å². The highest BCUT2D eigenvalue weighted by Gasteiger charge is 2.30. The number of imidazole rings is 1. The number of piperidine rings is 1. The van der Waals surface area contributed by atoms with Gasteiger partial charge in [0.2, 0.25) is 0 Å². The van der Waals surface area contributed by atoms with E-state index in [1.165, 1.54) is 0 Å². The summed E-state index contributed by atoms with van der Waals surface area (Å²) in [7, 11) is 1.78. The molecule has 1 fully saturated rings. The maximum Gasteiger partial charge on any atom is 0.310 e. The summed E-state index contributed by atoms with van der Waals surface area (Å²) in [5.74, 6) is -0.482. The zero-order valence-electron chi connectivity index (χ0n) is 11.3. The zero-order valence-corrected chi connectivity index (χ0v) is 11.3. The molecule has 19 heavy (non-hydrogen) atoms. The molecule has 2 heterocycles. The van der Waals surface area contributed by atoms with Gasteiger partial charge in [-0.1, -0.05) is 0 Å². The van der Waals surface area contributed by atoms with Gasteiger partial charge >= 0.3 is 5.97 Å². The van der Waals surface area contributed by atoms with E-state index >= 15 is 0 Å². The Morgan fingerprint density at radius 3 is 2.95 bits per heavy atom. The normalized spacial score (nSPS) is 19.3. The minimum absolute atomic E-state index is 0.0750. The van der Waals surface area contributed by atoms with Crippen molar-refractivity contribution in [1.82, 2.24) is 14.5 Å². The van der Waals surface area contributed by atoms with Crippen molar-refractivity contribution in [1.29, 1.82) is 0 Å². The van der Waals surface area contributed by atoms with Crippen LogP contribution in [-0.4, -0.2) is 46.0 Å². The quantitative estimate of drug-likeness (QED) is 0.760. The molecule has 1 saturated heterocycles. The third-order valence-corrected chi connectivity index (χ3v) is 3.36. The van der Waals surface area contributed by atoms with Gasteiger partial charge in [-0.2, -0.15) is 0 Å². The van der Waals surface area contributed by atoms with Gasteiger partial charge in [0.25, 0.3) is 5.91 Å². The van der Waals surface area contributed by atoms with Crippen LogP contribution in [0.2, 0.25) is 0 Å². The minimum Gasteiger partial charge on any atom is -0.466 e. The predicted octanol–water partition coefficient (Wildman–Crippen LogP) is 0.835. The molecule has 1 aliphatic rings. The molecule has 0 unspecified atom stereocenters. The van der Waals surface area contributed by atoms with Crippen LogP contribution in [0.4, 0.5) is 0 Å². The van der Waals surface area contributed by atoms with E-state index in [0.29, 0.717) is 25.4 Å². The Morgan fingerprint density at radius 1 is 1.53 bits per heavy atom. The van der Waals surface area contributed by atoms with Gasteiger partial charge in [-0.25, -0.2) is 4.98 Å². The van der Waals surface area contributed by atoms with Gasteiger partial charge in [0, 0.05) is 20.1 Å². The van der Waals surface area contributed by atoms with Crippen molar-refractivity contribution >= 4 is 11.9 Å². The Bertz CT molecular complexity index is 469. The van der Waals surface area contributed by atoms with Crippen LogP contribution < -0.4 is 0 Å². The van der Waals surface area contributed by atoms with Crippen LogP contribution in [0, 0.1) is 5.92 Å². The molecule has 0 N–H and O–H groups in total. The van der Waals surface area contributed by atoms with Gasteiger partial charge in [0.1, 0.15) is 5.69 Å². The minimum atomic E-state index is -0.204. The van der Waals surface area contributed by atoms with E-state index in [2.05, 4.69) is 4.98 Å². The molecule has 0 bridgehead atoms. The molecular weight excluding hydrogens is 246 g/mol. The SMILES string of the molecule is CCOC(=O)[C@@H]1CCCN(C(=O)c2cncn2C)C1. The summed E-state index contributed by atoms with van der Waals surface area (Å²) in [4.78, 5) is 29.7. The largest absolute Gasteiger partial charge is 0.466 e. The standard InChI is InChI=1S/C13H19N3O3/c1-3-19-13(18)10-5-4-6-16(8-10)12(17)11-7-14-9-15(11)2/h7,9-10H,3-6,8H2,1-2H3/t10-/m1/s1. The van der Waals surface area contributed by atoms with Crippen molar-refractivity contribution in [3.8, 4) is 0 Å². The first-order chi connectivity index (χ1) is 9.13. The Balaban J connectivity index is 2.03. The fraction of sp³-hybridized carbons (Fsp3) is 0.615. The lowest BCUT2D eigenvalue weighted by Gasteiger charge is -2.31. The van der Waals surface area contributed by atoms with Gasteiger partial charge in [-0.05, 0) is 19.8 Å². The Labute approximate surface area is 112 Å². The van der Waals surface area contributed by atoms with Gasteiger partial charge < -0.3 is 14.2 Å². The number of ether oxygens (including phenoxy) is 1. The summed E-state index contributed by atoms with van der Waals surface area (Å²) in [6, 6.07) is 0. The molecule has 1 amide bonds. The summed E-state index contributed by atoms with van der Waals surface area (Å²) in [5.41, 5.74) is 0.546. The fourth-order valence-corrected chi connectivity index (χ4v) is 2.34. The second kappa shape index (κ2) is 5.86. The average Bonchev–Trinajstić information content (AvgIpc) is 2.84. The van der Waals surface area contributed by atoms with Crippen molar-refractivity contribution in [3.63, 3.8) is 0 Å². The van der Waals surface area contributed by atoms with Crippen LogP contribution in [-0.2, 0) is 16.6 Å². The second-order valence-electron chi connectivity index (χ2n) is 4.73. The molecule has 0 aromatic carbocycles. The highest BCUT2D eigenvalue weighted by Crippen LogP contribution is 2.19. The molecule has 0 aliphatic carbocycles. The highest BCUT2D eigenvalue weighted by molar-refractivity contribution is 5.92. The number of rotatable bonds is 3. The summed E-state index contributed by atoms with van der Waals surface area (Å²) in [6.07, 6.45) is 4.76. The van der Waals surface area contributed by atoms with Crippen molar-refractivity contribution in [2.24, 2.45) is 13.0 Å². The van der Waals surface area contributed by atoms with Crippen LogP contribution in [0.15, 0.2) is 12.5 Å². The topological polar surface area (TPSA) is 64.4 Å². The molecule has 104 valence electrons. The number of hydrogen-bond donors (Lipinski definition) is 0. The first-order valence-electron chi connectivity index (χ1n) is 6.55. The molecule has 2 rings (SSSR count). The lowest BCUT2D eigenvalue weighted by Crippen LogP contribution is -2.43. The lowest BCUT2D eigenvalue weighted by molar-refractivity contribution is -0.149. The molecule has 0 saturated carbocycles. The van der Waals surface area contributed by atoms with Gasteiger partial charge in [-0.15, -0.1) is 0 Å². The third-order valence-electron chi connectivity index (χ3n) is 3.36. The molecule has 6 heteroatoms. The van der Waals surface area contributed by atoms with Crippen LogP contribution in [0.1, 0.15) is 30.3 Å². The van der Waals surface area contributed by atoms with Crippen LogP contribution >= 0.6 is 0 Å². The maximum atomic E-state index is 12.3. The molecule has 1 aliphatic heterocycles. The molecule has 0 spiro atoms. The van der Waals surface area contributed by atoms with Crippen LogP contribution in [0.25, 0.3) is 0 Å². The van der Waals surface area contributed by atoms with Crippen molar-refractivity contribution in [3.05, 3.63) is 18.2 Å². The summed E-state index contributed by atoms with van der Waals surface area (Å²) < 4.78 is 6.72. The van der Waals surface area contributed by atoms with E-state index in [4.69, 9.17) is 4.74 Å². The van der Waals surface area contributed by atoms with E-state index in [-0.39, 0.29) is 17.8 Å². The molecular formula is C13H19N3O3. The van der Waals surface area contributed by atoms with Gasteiger partial charge in [-0.3, -0.25) is 9.59 Å². The molecule has 1 aromatic heterocycles. The first kappa shape index (κ1) is 13.6. The molecule has 1 atom stereocenters. The van der Waals surface area contributed by atoms with Crippen molar-refractivity contribution in [2.75, 3.05) is 19.7 Å². The summed E-state index contributed by atoms with van der Waals surface area (Å²) in [6.45, 7) is 3.28. The maximum absolute atomic E-state index is 12.3. The van der Waals surface area contributed by atoms with Crippen molar-refractivity contribution in [2.45, 2.75) is 19.8 Å². The number of aryl methyl sites for hydroxylation is 1. The van der Waals surface area contributed by atoms with Crippen LogP contribution in [0.5, 0.6) is 0 Å². The van der Waals surface area contributed by atoms with E-state index in [1.807, 2.05) is 0 Å². The number of hydrogen-bond acceptors (Lipinski definition) is 4. The van der Waals surface area contributed by atoms with Crippen LogP contribution in [0.3, 0.4) is 0 Å². The first-order valence-corrected chi connectivity index (χ1v) is 6.55. The van der Waals surface area contributed by atoms with Gasteiger partial charge in [0.05, 0.1) is 25.0 Å². The number of likely N-dealkylation sites (tertiary alicyclic amines) is 1. The number of amides is 1. The molecule has 6 nitrogen and oxygen atoms in total. The molecule has 1 aromatic rings. The Kier molecular flexibility index (Phi) is 4.19. The lowest BCUT2D eigenvalue weighted by atomic mass is 9.98. The number of carbonyl (C=O) groups excluding carboxylic acids is 2. The number of carbonyl (C=O) groups is 2. The zero-order chi connectivity index (χ0) is 13.8. The number of esters is 1. The van der Waals surface area contributed by atoms with E-state index in [9.17, 15) is 9.59 Å². The number of nitrogens with zero attached hydrogens (tertiary/aromatic N) is 3. The van der Waals surface area contributed by atoms with E-state index in [1.54, 1.807) is 36.0 Å². The van der Waals surface area contributed by atoms with Gasteiger partial charge in [0.15, 0.2) is 0 Å². The fourth-order valence-electron chi connectivity index (χ4n) is 2.34. The summed E-state index contributed by atoms with van der Waals surface area (Å²) in [5, 5.41) is 0. The van der Waals surface area contributed by atoms with Crippen molar-refractivity contribution < 1.29 is 14.3 Å². The van der Waals surface area contributed by atoms with E-state index < -0.39 is 0 Å². The number of aromatic nitrogens is 2.